The Morgan fingerprint density at radius 1 is 1.17 bits per heavy atom. The van der Waals surface area contributed by atoms with Crippen LogP contribution >= 0.6 is 0 Å². The van der Waals surface area contributed by atoms with Gasteiger partial charge in [-0.15, -0.1) is 0 Å². The minimum atomic E-state index is 0.208. The summed E-state index contributed by atoms with van der Waals surface area (Å²) in [6, 6.07) is 5.90. The molecular formula is C17H17N3O3. The Morgan fingerprint density at radius 2 is 2.00 bits per heavy atom. The first-order valence-corrected chi connectivity index (χ1v) is 7.37. The quantitative estimate of drug-likeness (QED) is 0.728. The first-order valence-electron chi connectivity index (χ1n) is 7.37. The topological polar surface area (TPSA) is 58.4 Å². The van der Waals surface area contributed by atoms with Crippen molar-refractivity contribution in [2.75, 3.05) is 13.9 Å². The summed E-state index contributed by atoms with van der Waals surface area (Å²) < 4.78 is 18.2. The third-order valence-corrected chi connectivity index (χ3v) is 4.24. The minimum absolute atomic E-state index is 0.208. The first-order chi connectivity index (χ1) is 11.1. The number of ether oxygens (including phenoxy) is 3. The normalized spacial score (nSPS) is 12.9. The van der Waals surface area contributed by atoms with E-state index in [1.165, 1.54) is 0 Å². The van der Waals surface area contributed by atoms with Gasteiger partial charge in [-0.3, -0.25) is 4.68 Å². The van der Waals surface area contributed by atoms with E-state index in [-0.39, 0.29) is 6.79 Å². The summed E-state index contributed by atoms with van der Waals surface area (Å²) >= 11 is 0. The molecule has 1 aliphatic heterocycles. The van der Waals surface area contributed by atoms with Crippen LogP contribution in [0.1, 0.15) is 11.3 Å². The van der Waals surface area contributed by atoms with E-state index in [9.17, 15) is 0 Å². The van der Waals surface area contributed by atoms with Crippen LogP contribution in [0.3, 0.4) is 0 Å². The standard InChI is InChI=1S/C17H17N3O3/c1-9-5-12(18-17-15(9)10(2)20(3)19-17)11-6-13(21-4)16-14(7-11)22-8-23-16/h5-7H,8H2,1-4H3. The largest absolute Gasteiger partial charge is 0.493 e. The number of rotatable bonds is 2. The van der Waals surface area contributed by atoms with Gasteiger partial charge in [0.1, 0.15) is 0 Å². The van der Waals surface area contributed by atoms with Crippen LogP contribution in [-0.2, 0) is 7.05 Å². The Morgan fingerprint density at radius 3 is 2.78 bits per heavy atom. The van der Waals surface area contributed by atoms with Crippen LogP contribution in [0.5, 0.6) is 17.2 Å². The van der Waals surface area contributed by atoms with Gasteiger partial charge < -0.3 is 14.2 Å². The van der Waals surface area contributed by atoms with Crippen LogP contribution in [0.15, 0.2) is 18.2 Å². The highest BCUT2D eigenvalue weighted by atomic mass is 16.7. The number of pyridine rings is 1. The number of benzene rings is 1. The maximum Gasteiger partial charge on any atom is 0.231 e. The Hall–Kier alpha value is -2.76. The Labute approximate surface area is 133 Å². The lowest BCUT2D eigenvalue weighted by atomic mass is 10.1. The second kappa shape index (κ2) is 4.87. The van der Waals surface area contributed by atoms with Crippen molar-refractivity contribution >= 4 is 11.0 Å². The molecule has 0 radical (unpaired) electrons. The van der Waals surface area contributed by atoms with Crippen molar-refractivity contribution in [3.63, 3.8) is 0 Å². The van der Waals surface area contributed by atoms with Gasteiger partial charge in [0.2, 0.25) is 12.5 Å². The number of fused-ring (bicyclic) bond motifs is 2. The fraction of sp³-hybridized carbons (Fsp3) is 0.294. The minimum Gasteiger partial charge on any atom is -0.493 e. The molecule has 23 heavy (non-hydrogen) atoms. The van der Waals surface area contributed by atoms with Gasteiger partial charge in [-0.25, -0.2) is 4.98 Å². The molecule has 0 fully saturated rings. The molecule has 1 aromatic carbocycles. The SMILES string of the molecule is COc1cc(-c2cc(C)c3c(C)n(C)nc3n2)cc2c1OCO2. The Kier molecular flexibility index (Phi) is 2.94. The highest BCUT2D eigenvalue weighted by molar-refractivity contribution is 5.85. The second-order valence-corrected chi connectivity index (χ2v) is 5.64. The summed E-state index contributed by atoms with van der Waals surface area (Å²) in [7, 11) is 3.55. The number of methoxy groups -OCH3 is 1. The Balaban J connectivity index is 1.93. The highest BCUT2D eigenvalue weighted by Gasteiger charge is 2.21. The fourth-order valence-electron chi connectivity index (χ4n) is 2.98. The molecule has 0 spiro atoms. The molecule has 3 aromatic rings. The van der Waals surface area contributed by atoms with Gasteiger partial charge in [0.15, 0.2) is 17.1 Å². The maximum atomic E-state index is 5.49. The number of aromatic nitrogens is 3. The molecule has 118 valence electrons. The van der Waals surface area contributed by atoms with Crippen LogP contribution in [-0.4, -0.2) is 28.7 Å². The molecule has 1 aliphatic rings. The van der Waals surface area contributed by atoms with E-state index < -0.39 is 0 Å². The van der Waals surface area contributed by atoms with Crippen LogP contribution in [0, 0.1) is 13.8 Å². The fourth-order valence-corrected chi connectivity index (χ4v) is 2.98. The van der Waals surface area contributed by atoms with Gasteiger partial charge in [0, 0.05) is 23.7 Å². The Bertz CT molecular complexity index is 931. The maximum absolute atomic E-state index is 5.49. The predicted octanol–water partition coefficient (Wildman–Crippen LogP) is 2.99. The van der Waals surface area contributed by atoms with E-state index in [0.29, 0.717) is 17.2 Å². The molecule has 0 saturated carbocycles. The summed E-state index contributed by atoms with van der Waals surface area (Å²) in [4.78, 5) is 4.70. The summed E-state index contributed by atoms with van der Waals surface area (Å²) in [5, 5.41) is 5.59. The number of nitrogens with zero attached hydrogens (tertiary/aromatic N) is 3. The molecule has 0 aliphatic carbocycles. The average Bonchev–Trinajstić information content (AvgIpc) is 3.11. The molecule has 0 N–H and O–H groups in total. The summed E-state index contributed by atoms with van der Waals surface area (Å²) in [5.74, 6) is 1.96. The molecular weight excluding hydrogens is 294 g/mol. The van der Waals surface area contributed by atoms with Crippen molar-refractivity contribution < 1.29 is 14.2 Å². The van der Waals surface area contributed by atoms with Crippen molar-refractivity contribution in [2.24, 2.45) is 7.05 Å². The molecule has 0 atom stereocenters. The van der Waals surface area contributed by atoms with E-state index in [0.717, 1.165) is 33.5 Å². The van der Waals surface area contributed by atoms with Crippen LogP contribution in [0.2, 0.25) is 0 Å². The monoisotopic (exact) mass is 311 g/mol. The lowest BCUT2D eigenvalue weighted by Crippen LogP contribution is -1.93. The van der Waals surface area contributed by atoms with Crippen molar-refractivity contribution in [2.45, 2.75) is 13.8 Å². The third-order valence-electron chi connectivity index (χ3n) is 4.24. The van der Waals surface area contributed by atoms with Gasteiger partial charge in [-0.05, 0) is 37.6 Å². The van der Waals surface area contributed by atoms with Gasteiger partial charge in [0.25, 0.3) is 0 Å². The first kappa shape index (κ1) is 13.9. The molecule has 6 nitrogen and oxygen atoms in total. The van der Waals surface area contributed by atoms with Crippen LogP contribution in [0.4, 0.5) is 0 Å². The summed E-state index contributed by atoms with van der Waals surface area (Å²) in [6.45, 7) is 4.33. The molecule has 3 heterocycles. The number of hydrogen-bond donors (Lipinski definition) is 0. The van der Waals surface area contributed by atoms with Crippen molar-refractivity contribution in [3.05, 3.63) is 29.5 Å². The zero-order chi connectivity index (χ0) is 16.1. The van der Waals surface area contributed by atoms with E-state index in [4.69, 9.17) is 19.2 Å². The third kappa shape index (κ3) is 2.02. The summed E-state index contributed by atoms with van der Waals surface area (Å²) in [6.07, 6.45) is 0. The lowest BCUT2D eigenvalue weighted by molar-refractivity contribution is 0.171. The van der Waals surface area contributed by atoms with Gasteiger partial charge in [0.05, 0.1) is 12.8 Å². The second-order valence-electron chi connectivity index (χ2n) is 5.64. The molecule has 0 bridgehead atoms. The highest BCUT2D eigenvalue weighted by Crippen LogP contribution is 2.44. The van der Waals surface area contributed by atoms with Crippen molar-refractivity contribution in [1.29, 1.82) is 0 Å². The average molecular weight is 311 g/mol. The zero-order valence-corrected chi connectivity index (χ0v) is 13.5. The van der Waals surface area contributed by atoms with Gasteiger partial charge >= 0.3 is 0 Å². The van der Waals surface area contributed by atoms with Crippen molar-refractivity contribution in [1.82, 2.24) is 14.8 Å². The van der Waals surface area contributed by atoms with Crippen LogP contribution in [0.25, 0.3) is 22.3 Å². The number of aryl methyl sites for hydroxylation is 3. The molecule has 0 amide bonds. The molecule has 0 saturated heterocycles. The van der Waals surface area contributed by atoms with Crippen LogP contribution < -0.4 is 14.2 Å². The smallest absolute Gasteiger partial charge is 0.231 e. The van der Waals surface area contributed by atoms with Gasteiger partial charge in [-0.1, -0.05) is 0 Å². The van der Waals surface area contributed by atoms with E-state index >= 15 is 0 Å². The van der Waals surface area contributed by atoms with E-state index in [1.54, 1.807) is 7.11 Å². The molecule has 2 aromatic heterocycles. The van der Waals surface area contributed by atoms with Crippen molar-refractivity contribution in [3.8, 4) is 28.5 Å². The molecule has 6 heteroatoms. The number of hydrogen-bond acceptors (Lipinski definition) is 5. The zero-order valence-electron chi connectivity index (χ0n) is 13.5. The molecule has 4 rings (SSSR count). The summed E-state index contributed by atoms with van der Waals surface area (Å²) in [5.41, 5.74) is 4.76. The van der Waals surface area contributed by atoms with E-state index in [1.807, 2.05) is 30.8 Å². The molecule has 0 unspecified atom stereocenters. The van der Waals surface area contributed by atoms with Gasteiger partial charge in [-0.2, -0.15) is 5.10 Å². The predicted molar refractivity (Wildman–Crippen MR) is 86.1 cm³/mol. The van der Waals surface area contributed by atoms with E-state index in [2.05, 4.69) is 18.1 Å². The lowest BCUT2D eigenvalue weighted by Gasteiger charge is -2.09.